The number of amides is 1. The van der Waals surface area contributed by atoms with Crippen molar-refractivity contribution in [3.8, 4) is 0 Å². The van der Waals surface area contributed by atoms with Gasteiger partial charge in [-0.25, -0.2) is 9.36 Å². The Bertz CT molecular complexity index is 659. The number of carbonyl (C=O) groups excluding carboxylic acids is 1. The summed E-state index contributed by atoms with van der Waals surface area (Å²) >= 11 is 0. The molecule has 1 aromatic carbocycles. The fourth-order valence-corrected chi connectivity index (χ4v) is 1.93. The number of rotatable bonds is 2. The zero-order valence-electron chi connectivity index (χ0n) is 9.80. The molecule has 2 aromatic rings. The number of aromatic nitrogens is 2. The van der Waals surface area contributed by atoms with Crippen LogP contribution < -0.4 is 15.9 Å². The first-order valence-corrected chi connectivity index (χ1v) is 5.29. The van der Waals surface area contributed by atoms with Gasteiger partial charge in [-0.15, -0.1) is 0 Å². The summed E-state index contributed by atoms with van der Waals surface area (Å²) in [7, 11) is 1.68. The smallest absolute Gasteiger partial charge is 0.345 e. The standard InChI is InChI=1S/C12H13N3O2/c1-8-14(2)12(17)9-5-3-4-6-10(9)15(8)7-11(13)16/h3-6H,7H2,1-2H3,(H-,13,16)/p+1. The Morgan fingerprint density at radius 3 is 2.71 bits per heavy atom. The summed E-state index contributed by atoms with van der Waals surface area (Å²) in [5, 5.41) is 0.585. The number of primary amides is 1. The van der Waals surface area contributed by atoms with E-state index < -0.39 is 5.91 Å². The lowest BCUT2D eigenvalue weighted by Crippen LogP contribution is -2.48. The molecule has 0 unspecified atom stereocenters. The van der Waals surface area contributed by atoms with Crippen LogP contribution in [0.15, 0.2) is 29.1 Å². The van der Waals surface area contributed by atoms with Gasteiger partial charge >= 0.3 is 5.56 Å². The number of hydrogen-bond donors (Lipinski definition) is 1. The molecule has 2 rings (SSSR count). The molecule has 0 atom stereocenters. The highest BCUT2D eigenvalue weighted by molar-refractivity contribution is 5.76. The Hall–Kier alpha value is -2.17. The van der Waals surface area contributed by atoms with Gasteiger partial charge < -0.3 is 5.73 Å². The molecule has 0 fully saturated rings. The Kier molecular flexibility index (Phi) is 2.67. The first-order valence-electron chi connectivity index (χ1n) is 5.29. The molecule has 5 nitrogen and oxygen atoms in total. The lowest BCUT2D eigenvalue weighted by molar-refractivity contribution is -0.669. The predicted molar refractivity (Wildman–Crippen MR) is 63.3 cm³/mol. The SMILES string of the molecule is Cc1n(C)c(=O)c2ccccc2[n+]1CC(N)=O. The molecule has 0 saturated carbocycles. The molecule has 0 spiro atoms. The molecule has 17 heavy (non-hydrogen) atoms. The molecule has 0 bridgehead atoms. The van der Waals surface area contributed by atoms with Crippen LogP contribution in [-0.2, 0) is 18.4 Å². The number of nitrogens with two attached hydrogens (primary N) is 1. The molecule has 0 saturated heterocycles. The summed E-state index contributed by atoms with van der Waals surface area (Å²) in [6.45, 7) is 1.86. The van der Waals surface area contributed by atoms with Gasteiger partial charge in [0, 0.05) is 6.92 Å². The zero-order valence-corrected chi connectivity index (χ0v) is 9.80. The van der Waals surface area contributed by atoms with Gasteiger partial charge in [0.2, 0.25) is 0 Å². The second-order valence-electron chi connectivity index (χ2n) is 3.98. The number of carbonyl (C=O) groups is 1. The van der Waals surface area contributed by atoms with Crippen molar-refractivity contribution in [2.75, 3.05) is 0 Å². The minimum atomic E-state index is -0.429. The Morgan fingerprint density at radius 2 is 2.06 bits per heavy atom. The van der Waals surface area contributed by atoms with Crippen LogP contribution in [0.3, 0.4) is 0 Å². The summed E-state index contributed by atoms with van der Waals surface area (Å²) in [6, 6.07) is 7.19. The van der Waals surface area contributed by atoms with Gasteiger partial charge in [-0.2, -0.15) is 4.57 Å². The lowest BCUT2D eigenvalue weighted by Gasteiger charge is -2.07. The molecule has 1 amide bonds. The first-order chi connectivity index (χ1) is 8.02. The summed E-state index contributed by atoms with van der Waals surface area (Å²) in [6.07, 6.45) is 0. The average Bonchev–Trinajstić information content (AvgIpc) is 2.31. The minimum absolute atomic E-state index is 0.0699. The highest BCUT2D eigenvalue weighted by atomic mass is 16.1. The van der Waals surface area contributed by atoms with Gasteiger partial charge in [-0.05, 0) is 12.1 Å². The topological polar surface area (TPSA) is 69.0 Å². The molecular weight excluding hydrogens is 218 g/mol. The zero-order chi connectivity index (χ0) is 12.6. The lowest BCUT2D eigenvalue weighted by atomic mass is 10.2. The van der Waals surface area contributed by atoms with Crippen LogP contribution in [0.4, 0.5) is 0 Å². The second kappa shape index (κ2) is 4.01. The van der Waals surface area contributed by atoms with Gasteiger partial charge in [0.15, 0.2) is 6.54 Å². The molecule has 1 aromatic heterocycles. The monoisotopic (exact) mass is 232 g/mol. The van der Waals surface area contributed by atoms with E-state index in [1.807, 2.05) is 12.1 Å². The van der Waals surface area contributed by atoms with Crippen molar-refractivity contribution in [2.24, 2.45) is 12.8 Å². The van der Waals surface area contributed by atoms with Crippen molar-refractivity contribution in [2.45, 2.75) is 13.5 Å². The fraction of sp³-hybridized carbons (Fsp3) is 0.250. The van der Waals surface area contributed by atoms with Crippen molar-refractivity contribution in [1.82, 2.24) is 4.57 Å². The van der Waals surface area contributed by atoms with Gasteiger partial charge in [0.05, 0.1) is 7.05 Å². The van der Waals surface area contributed by atoms with E-state index in [0.29, 0.717) is 11.2 Å². The van der Waals surface area contributed by atoms with Crippen LogP contribution in [0, 0.1) is 6.92 Å². The van der Waals surface area contributed by atoms with E-state index in [0.717, 1.165) is 5.52 Å². The third kappa shape index (κ3) is 1.80. The second-order valence-corrected chi connectivity index (χ2v) is 3.98. The number of hydrogen-bond acceptors (Lipinski definition) is 2. The van der Waals surface area contributed by atoms with Crippen LogP contribution in [0.25, 0.3) is 10.9 Å². The molecule has 88 valence electrons. The first kappa shape index (κ1) is 11.3. The van der Waals surface area contributed by atoms with Crippen molar-refractivity contribution in [3.05, 3.63) is 40.4 Å². The summed E-state index contributed by atoms with van der Waals surface area (Å²) in [5.41, 5.74) is 5.88. The van der Waals surface area contributed by atoms with Crippen LogP contribution in [0.5, 0.6) is 0 Å². The number of nitrogens with zero attached hydrogens (tertiary/aromatic N) is 2. The molecule has 5 heteroatoms. The molecule has 2 N–H and O–H groups in total. The van der Waals surface area contributed by atoms with Crippen LogP contribution in [0.2, 0.25) is 0 Å². The fourth-order valence-electron chi connectivity index (χ4n) is 1.93. The maximum Gasteiger partial charge on any atom is 0.345 e. The normalized spacial score (nSPS) is 10.7. The van der Waals surface area contributed by atoms with E-state index in [9.17, 15) is 9.59 Å². The van der Waals surface area contributed by atoms with E-state index in [2.05, 4.69) is 0 Å². The molecular formula is C12H14N3O2+. The third-order valence-corrected chi connectivity index (χ3v) is 2.92. The minimum Gasteiger partial charge on any atom is -0.366 e. The quantitative estimate of drug-likeness (QED) is 0.717. The summed E-state index contributed by atoms with van der Waals surface area (Å²) < 4.78 is 3.27. The Morgan fingerprint density at radius 1 is 1.41 bits per heavy atom. The van der Waals surface area contributed by atoms with Crippen molar-refractivity contribution >= 4 is 16.8 Å². The van der Waals surface area contributed by atoms with Crippen molar-refractivity contribution in [1.29, 1.82) is 0 Å². The maximum absolute atomic E-state index is 12.0. The maximum atomic E-state index is 12.0. The molecule has 0 radical (unpaired) electrons. The van der Waals surface area contributed by atoms with E-state index >= 15 is 0 Å². The highest BCUT2D eigenvalue weighted by Gasteiger charge is 2.18. The van der Waals surface area contributed by atoms with Gasteiger partial charge in [0.25, 0.3) is 11.7 Å². The van der Waals surface area contributed by atoms with Crippen LogP contribution >= 0.6 is 0 Å². The molecule has 0 aliphatic carbocycles. The molecule has 1 heterocycles. The average molecular weight is 232 g/mol. The molecule has 0 aliphatic rings. The van der Waals surface area contributed by atoms with Crippen molar-refractivity contribution in [3.63, 3.8) is 0 Å². The van der Waals surface area contributed by atoms with E-state index in [1.165, 1.54) is 4.57 Å². The highest BCUT2D eigenvalue weighted by Crippen LogP contribution is 2.05. The van der Waals surface area contributed by atoms with E-state index in [-0.39, 0.29) is 12.1 Å². The van der Waals surface area contributed by atoms with Gasteiger partial charge in [-0.3, -0.25) is 4.79 Å². The van der Waals surface area contributed by atoms with Gasteiger partial charge in [-0.1, -0.05) is 12.1 Å². The number of fused-ring (bicyclic) bond motifs is 1. The Balaban J connectivity index is 2.90. The summed E-state index contributed by atoms with van der Waals surface area (Å²) in [5.74, 6) is 0.273. The van der Waals surface area contributed by atoms with Gasteiger partial charge in [0.1, 0.15) is 10.9 Å². The largest absolute Gasteiger partial charge is 0.366 e. The van der Waals surface area contributed by atoms with Crippen molar-refractivity contribution < 1.29 is 9.36 Å². The van der Waals surface area contributed by atoms with E-state index in [4.69, 9.17) is 5.73 Å². The number of benzene rings is 1. The van der Waals surface area contributed by atoms with E-state index in [1.54, 1.807) is 30.7 Å². The molecule has 0 aliphatic heterocycles. The third-order valence-electron chi connectivity index (χ3n) is 2.92. The number of para-hydroxylation sites is 1. The van der Waals surface area contributed by atoms with Crippen LogP contribution in [-0.4, -0.2) is 10.5 Å². The summed E-state index contributed by atoms with van der Waals surface area (Å²) in [4.78, 5) is 23.1. The Labute approximate surface area is 98.1 Å². The van der Waals surface area contributed by atoms with Crippen LogP contribution in [0.1, 0.15) is 5.82 Å². The predicted octanol–water partition coefficient (Wildman–Crippen LogP) is -0.380.